The Hall–Kier alpha value is -2.65. The van der Waals surface area contributed by atoms with Crippen molar-refractivity contribution in [2.45, 2.75) is 0 Å². The average Bonchev–Trinajstić information content (AvgIpc) is 2.93. The minimum absolute atomic E-state index is 0.162. The molecule has 0 radical (unpaired) electrons. The number of aromatic nitrogens is 2. The molecule has 0 saturated carbocycles. The molecule has 1 heterocycles. The van der Waals surface area contributed by atoms with E-state index in [0.29, 0.717) is 18.1 Å². The summed E-state index contributed by atoms with van der Waals surface area (Å²) in [5.41, 5.74) is 1.40. The lowest BCUT2D eigenvalue weighted by Crippen LogP contribution is -2.28. The minimum Gasteiger partial charge on any atom is -0.423 e. The van der Waals surface area contributed by atoms with Gasteiger partial charge in [-0.3, -0.25) is 10.1 Å². The Morgan fingerprint density at radius 2 is 2.37 bits per heavy atom. The van der Waals surface area contributed by atoms with Crippen LogP contribution in [0.15, 0.2) is 35.1 Å². The van der Waals surface area contributed by atoms with Crippen LogP contribution in [-0.2, 0) is 4.79 Å². The maximum absolute atomic E-state index is 11.6. The molecule has 0 bridgehead atoms. The first kappa shape index (κ1) is 12.8. The van der Waals surface area contributed by atoms with Gasteiger partial charge in [0.25, 0.3) is 0 Å². The van der Waals surface area contributed by atoms with Gasteiger partial charge in [0.1, 0.15) is 0 Å². The second-order valence-corrected chi connectivity index (χ2v) is 3.68. The second-order valence-electron chi connectivity index (χ2n) is 3.68. The number of hydrogen-bond acceptors (Lipinski definition) is 5. The fourth-order valence-corrected chi connectivity index (χ4v) is 1.48. The molecule has 0 atom stereocenters. The van der Waals surface area contributed by atoms with Crippen LogP contribution in [0, 0.1) is 12.3 Å². The molecule has 1 amide bonds. The first-order valence-corrected chi connectivity index (χ1v) is 5.60. The van der Waals surface area contributed by atoms with Gasteiger partial charge in [0.05, 0.1) is 13.1 Å². The molecule has 6 nitrogen and oxygen atoms in total. The van der Waals surface area contributed by atoms with Gasteiger partial charge in [0, 0.05) is 11.3 Å². The van der Waals surface area contributed by atoms with Crippen LogP contribution in [0.5, 0.6) is 0 Å². The molecule has 96 valence electrons. The second kappa shape index (κ2) is 6.33. The molecular formula is C13H12N4O2. The molecule has 1 aromatic carbocycles. The van der Waals surface area contributed by atoms with Crippen molar-refractivity contribution in [2.24, 2.45) is 0 Å². The summed E-state index contributed by atoms with van der Waals surface area (Å²) in [7, 11) is 0. The molecule has 0 aliphatic heterocycles. The molecule has 1 aromatic heterocycles. The van der Waals surface area contributed by atoms with Crippen LogP contribution in [0.2, 0.25) is 0 Å². The summed E-state index contributed by atoms with van der Waals surface area (Å²) >= 11 is 0. The zero-order chi connectivity index (χ0) is 13.5. The summed E-state index contributed by atoms with van der Waals surface area (Å²) in [6, 6.07) is 7.15. The van der Waals surface area contributed by atoms with Crippen LogP contribution in [0.1, 0.15) is 0 Å². The van der Waals surface area contributed by atoms with Crippen molar-refractivity contribution in [1.82, 2.24) is 15.5 Å². The number of terminal acetylenes is 1. The number of hydrogen-bond donors (Lipinski definition) is 2. The van der Waals surface area contributed by atoms with Gasteiger partial charge in [-0.2, -0.15) is 0 Å². The lowest BCUT2D eigenvalue weighted by atomic mass is 10.2. The Balaban J connectivity index is 2.00. The molecule has 2 N–H and O–H groups in total. The van der Waals surface area contributed by atoms with Gasteiger partial charge in [-0.05, 0) is 18.2 Å². The highest BCUT2D eigenvalue weighted by Gasteiger charge is 2.06. The smallest absolute Gasteiger partial charge is 0.247 e. The SMILES string of the molecule is C#CCNCC(=O)Nc1cccc(-c2nnco2)c1. The molecular weight excluding hydrogens is 244 g/mol. The van der Waals surface area contributed by atoms with Crippen LogP contribution in [0.4, 0.5) is 5.69 Å². The number of rotatable bonds is 5. The molecule has 2 aromatic rings. The first-order valence-electron chi connectivity index (χ1n) is 5.60. The molecule has 0 aliphatic rings. The maximum atomic E-state index is 11.6. The van der Waals surface area contributed by atoms with Gasteiger partial charge in [-0.1, -0.05) is 12.0 Å². The van der Waals surface area contributed by atoms with Crippen molar-refractivity contribution < 1.29 is 9.21 Å². The van der Waals surface area contributed by atoms with E-state index in [1.54, 1.807) is 18.2 Å². The van der Waals surface area contributed by atoms with Crippen molar-refractivity contribution >= 4 is 11.6 Å². The van der Waals surface area contributed by atoms with Gasteiger partial charge >= 0.3 is 0 Å². The Bertz CT molecular complexity index is 587. The van der Waals surface area contributed by atoms with Gasteiger partial charge < -0.3 is 9.73 Å². The number of nitrogens with one attached hydrogen (secondary N) is 2. The Morgan fingerprint density at radius 1 is 1.47 bits per heavy atom. The van der Waals surface area contributed by atoms with E-state index in [9.17, 15) is 4.79 Å². The summed E-state index contributed by atoms with van der Waals surface area (Å²) in [6.07, 6.45) is 6.33. The quantitative estimate of drug-likeness (QED) is 0.613. The van der Waals surface area contributed by atoms with Crippen molar-refractivity contribution in [1.29, 1.82) is 0 Å². The molecule has 0 saturated heterocycles. The number of amides is 1. The Morgan fingerprint density at radius 3 is 3.11 bits per heavy atom. The highest BCUT2D eigenvalue weighted by molar-refractivity contribution is 5.92. The van der Waals surface area contributed by atoms with Gasteiger partial charge in [0.2, 0.25) is 18.2 Å². The van der Waals surface area contributed by atoms with Crippen molar-refractivity contribution in [2.75, 3.05) is 18.4 Å². The van der Waals surface area contributed by atoms with E-state index in [0.717, 1.165) is 5.56 Å². The van der Waals surface area contributed by atoms with E-state index in [2.05, 4.69) is 26.8 Å². The lowest BCUT2D eigenvalue weighted by molar-refractivity contribution is -0.115. The zero-order valence-corrected chi connectivity index (χ0v) is 10.1. The maximum Gasteiger partial charge on any atom is 0.247 e. The van der Waals surface area contributed by atoms with Gasteiger partial charge in [-0.15, -0.1) is 16.6 Å². The fourth-order valence-electron chi connectivity index (χ4n) is 1.48. The van der Waals surface area contributed by atoms with Crippen LogP contribution in [0.25, 0.3) is 11.5 Å². The minimum atomic E-state index is -0.169. The molecule has 2 rings (SSSR count). The molecule has 0 spiro atoms. The van der Waals surface area contributed by atoms with E-state index in [1.807, 2.05) is 6.07 Å². The topological polar surface area (TPSA) is 80.0 Å². The summed E-state index contributed by atoms with van der Waals surface area (Å²) < 4.78 is 5.09. The monoisotopic (exact) mass is 256 g/mol. The molecule has 0 unspecified atom stereocenters. The molecule has 19 heavy (non-hydrogen) atoms. The third-order valence-corrected chi connectivity index (χ3v) is 2.27. The van der Waals surface area contributed by atoms with E-state index in [4.69, 9.17) is 10.8 Å². The predicted octanol–water partition coefficient (Wildman–Crippen LogP) is 0.898. The van der Waals surface area contributed by atoms with Crippen LogP contribution >= 0.6 is 0 Å². The largest absolute Gasteiger partial charge is 0.423 e. The van der Waals surface area contributed by atoms with E-state index >= 15 is 0 Å². The first-order chi connectivity index (χ1) is 9.29. The Kier molecular flexibility index (Phi) is 4.26. The van der Waals surface area contributed by atoms with E-state index < -0.39 is 0 Å². The predicted molar refractivity (Wildman–Crippen MR) is 70.1 cm³/mol. The number of carbonyl (C=O) groups excluding carboxylic acids is 1. The average molecular weight is 256 g/mol. The van der Waals surface area contributed by atoms with E-state index in [-0.39, 0.29) is 12.5 Å². The number of benzene rings is 1. The third-order valence-electron chi connectivity index (χ3n) is 2.27. The van der Waals surface area contributed by atoms with Crippen molar-refractivity contribution in [3.63, 3.8) is 0 Å². The highest BCUT2D eigenvalue weighted by Crippen LogP contribution is 2.20. The number of anilines is 1. The molecule has 0 aliphatic carbocycles. The molecule has 0 fully saturated rings. The Labute approximate surface area is 110 Å². The summed E-state index contributed by atoms with van der Waals surface area (Å²) in [4.78, 5) is 11.6. The van der Waals surface area contributed by atoms with E-state index in [1.165, 1.54) is 6.39 Å². The fraction of sp³-hybridized carbons (Fsp3) is 0.154. The summed E-state index contributed by atoms with van der Waals surface area (Å²) in [5.74, 6) is 2.63. The van der Waals surface area contributed by atoms with Gasteiger partial charge in [-0.25, -0.2) is 0 Å². The van der Waals surface area contributed by atoms with Crippen molar-refractivity contribution in [3.8, 4) is 23.8 Å². The zero-order valence-electron chi connectivity index (χ0n) is 10.1. The molecule has 6 heteroatoms. The van der Waals surface area contributed by atoms with Gasteiger partial charge in [0.15, 0.2) is 0 Å². The summed E-state index contributed by atoms with van der Waals surface area (Å²) in [5, 5.41) is 13.0. The normalized spacial score (nSPS) is 9.84. The lowest BCUT2D eigenvalue weighted by Gasteiger charge is -2.06. The van der Waals surface area contributed by atoms with Crippen LogP contribution in [0.3, 0.4) is 0 Å². The number of nitrogens with zero attached hydrogens (tertiary/aromatic N) is 2. The standard InChI is InChI=1S/C13H12N4O2/c1-2-6-14-8-12(18)16-11-5-3-4-10(7-11)13-17-15-9-19-13/h1,3-5,7,9,14H,6,8H2,(H,16,18). The third kappa shape index (κ3) is 3.66. The number of carbonyl (C=O) groups is 1. The van der Waals surface area contributed by atoms with Crippen LogP contribution in [-0.4, -0.2) is 29.2 Å². The van der Waals surface area contributed by atoms with Crippen molar-refractivity contribution in [3.05, 3.63) is 30.7 Å². The summed E-state index contributed by atoms with van der Waals surface area (Å²) in [6.45, 7) is 0.518. The van der Waals surface area contributed by atoms with Crippen LogP contribution < -0.4 is 10.6 Å². The highest BCUT2D eigenvalue weighted by atomic mass is 16.4.